The van der Waals surface area contributed by atoms with E-state index in [4.69, 9.17) is 10.5 Å². The number of nitrogen functional groups attached to an aromatic ring is 1. The minimum atomic E-state index is -0.0573. The van der Waals surface area contributed by atoms with Gasteiger partial charge in [-0.2, -0.15) is 0 Å². The van der Waals surface area contributed by atoms with Gasteiger partial charge in [-0.1, -0.05) is 0 Å². The minimum absolute atomic E-state index is 0.0573. The van der Waals surface area contributed by atoms with Crippen LogP contribution in [0.2, 0.25) is 0 Å². The lowest BCUT2D eigenvalue weighted by molar-refractivity contribution is -0.116. The Kier molecular flexibility index (Phi) is 2.75. The van der Waals surface area contributed by atoms with Crippen molar-refractivity contribution in [3.8, 4) is 17.0 Å². The molecule has 0 spiro atoms. The minimum Gasteiger partial charge on any atom is -0.491 e. The van der Waals surface area contributed by atoms with Gasteiger partial charge in [0.05, 0.1) is 24.4 Å². The zero-order valence-electron chi connectivity index (χ0n) is 10.1. The molecular formula is C13H12N4O2. The fourth-order valence-corrected chi connectivity index (χ4v) is 1.91. The second-order valence-electron chi connectivity index (χ2n) is 4.16. The topological polar surface area (TPSA) is 90.1 Å². The molecule has 6 nitrogen and oxygen atoms in total. The number of anilines is 2. The Morgan fingerprint density at radius 3 is 3.05 bits per heavy atom. The lowest BCUT2D eigenvalue weighted by Gasteiger charge is -2.09. The third-order valence-electron chi connectivity index (χ3n) is 2.81. The first-order chi connectivity index (χ1) is 9.22. The summed E-state index contributed by atoms with van der Waals surface area (Å²) in [5.41, 5.74) is 7.76. The van der Waals surface area contributed by atoms with Gasteiger partial charge in [-0.15, -0.1) is 0 Å². The van der Waals surface area contributed by atoms with E-state index in [-0.39, 0.29) is 11.9 Å². The molecule has 6 heteroatoms. The van der Waals surface area contributed by atoms with E-state index in [2.05, 4.69) is 15.3 Å². The van der Waals surface area contributed by atoms with Crippen molar-refractivity contribution in [3.05, 3.63) is 30.5 Å². The molecule has 0 aliphatic carbocycles. The van der Waals surface area contributed by atoms with Gasteiger partial charge in [-0.05, 0) is 24.3 Å². The molecule has 2 heterocycles. The molecule has 0 saturated carbocycles. The summed E-state index contributed by atoms with van der Waals surface area (Å²) in [5, 5.41) is 2.81. The molecule has 0 saturated heterocycles. The van der Waals surface area contributed by atoms with Gasteiger partial charge in [0, 0.05) is 11.8 Å². The summed E-state index contributed by atoms with van der Waals surface area (Å²) in [6.07, 6.45) is 1.95. The first kappa shape index (κ1) is 11.5. The molecule has 0 fully saturated rings. The van der Waals surface area contributed by atoms with Gasteiger partial charge in [-0.25, -0.2) is 9.97 Å². The highest BCUT2D eigenvalue weighted by atomic mass is 16.5. The molecule has 0 atom stereocenters. The van der Waals surface area contributed by atoms with Crippen LogP contribution in [-0.2, 0) is 4.79 Å². The molecule has 1 aliphatic rings. The van der Waals surface area contributed by atoms with Crippen molar-refractivity contribution in [3.63, 3.8) is 0 Å². The van der Waals surface area contributed by atoms with Crippen LogP contribution in [0.1, 0.15) is 6.42 Å². The van der Waals surface area contributed by atoms with E-state index in [0.29, 0.717) is 30.2 Å². The van der Waals surface area contributed by atoms with Gasteiger partial charge >= 0.3 is 0 Å². The molecular weight excluding hydrogens is 244 g/mol. The van der Waals surface area contributed by atoms with Gasteiger partial charge < -0.3 is 15.8 Å². The van der Waals surface area contributed by atoms with E-state index < -0.39 is 0 Å². The highest BCUT2D eigenvalue weighted by molar-refractivity contribution is 5.94. The molecule has 1 aliphatic heterocycles. The highest BCUT2D eigenvalue weighted by Gasteiger charge is 2.14. The summed E-state index contributed by atoms with van der Waals surface area (Å²) >= 11 is 0. The van der Waals surface area contributed by atoms with E-state index in [9.17, 15) is 4.79 Å². The standard InChI is InChI=1S/C13H12N4O2/c14-13-15-5-3-9(17-13)8-1-2-11-10(7-8)16-12(18)4-6-19-11/h1-3,5,7H,4,6H2,(H,16,18)(H2,14,15,17). The Labute approximate surface area is 109 Å². The van der Waals surface area contributed by atoms with Crippen LogP contribution in [0.4, 0.5) is 11.6 Å². The number of hydrogen-bond acceptors (Lipinski definition) is 5. The van der Waals surface area contributed by atoms with Gasteiger partial charge in [0.15, 0.2) is 0 Å². The summed E-state index contributed by atoms with van der Waals surface area (Å²) in [6, 6.07) is 7.27. The lowest BCUT2D eigenvalue weighted by atomic mass is 10.1. The number of aromatic nitrogens is 2. The zero-order chi connectivity index (χ0) is 13.2. The van der Waals surface area contributed by atoms with Crippen LogP contribution in [-0.4, -0.2) is 22.5 Å². The van der Waals surface area contributed by atoms with Crippen LogP contribution in [0.5, 0.6) is 5.75 Å². The Balaban J connectivity index is 2.03. The third kappa shape index (κ3) is 2.33. The molecule has 1 aromatic heterocycles. The van der Waals surface area contributed by atoms with Crippen molar-refractivity contribution in [2.75, 3.05) is 17.7 Å². The first-order valence-corrected chi connectivity index (χ1v) is 5.88. The van der Waals surface area contributed by atoms with Gasteiger partial charge in [0.1, 0.15) is 5.75 Å². The van der Waals surface area contributed by atoms with Crippen LogP contribution >= 0.6 is 0 Å². The largest absolute Gasteiger partial charge is 0.491 e. The van der Waals surface area contributed by atoms with Gasteiger partial charge in [-0.3, -0.25) is 4.79 Å². The number of rotatable bonds is 1. The van der Waals surface area contributed by atoms with Gasteiger partial charge in [0.25, 0.3) is 0 Å². The second-order valence-corrected chi connectivity index (χ2v) is 4.16. The first-order valence-electron chi connectivity index (χ1n) is 5.88. The molecule has 96 valence electrons. The molecule has 0 radical (unpaired) electrons. The lowest BCUT2D eigenvalue weighted by Crippen LogP contribution is -2.10. The monoisotopic (exact) mass is 256 g/mol. The summed E-state index contributed by atoms with van der Waals surface area (Å²) in [6.45, 7) is 0.388. The van der Waals surface area contributed by atoms with E-state index in [1.165, 1.54) is 0 Å². The van der Waals surface area contributed by atoms with Crippen LogP contribution < -0.4 is 15.8 Å². The van der Waals surface area contributed by atoms with E-state index >= 15 is 0 Å². The molecule has 1 aromatic carbocycles. The number of hydrogen-bond donors (Lipinski definition) is 2. The Hall–Kier alpha value is -2.63. The fraction of sp³-hybridized carbons (Fsp3) is 0.154. The second kappa shape index (κ2) is 4.56. The van der Waals surface area contributed by atoms with Crippen molar-refractivity contribution in [2.24, 2.45) is 0 Å². The van der Waals surface area contributed by atoms with E-state index in [1.54, 1.807) is 12.3 Å². The van der Waals surface area contributed by atoms with Crippen LogP contribution in [0.3, 0.4) is 0 Å². The van der Waals surface area contributed by atoms with Crippen molar-refractivity contribution in [1.29, 1.82) is 0 Å². The number of ether oxygens (including phenoxy) is 1. The van der Waals surface area contributed by atoms with Crippen molar-refractivity contribution < 1.29 is 9.53 Å². The maximum atomic E-state index is 11.5. The predicted octanol–water partition coefficient (Wildman–Crippen LogP) is 1.45. The zero-order valence-corrected chi connectivity index (χ0v) is 10.1. The van der Waals surface area contributed by atoms with Crippen LogP contribution in [0, 0.1) is 0 Å². The predicted molar refractivity (Wildman–Crippen MR) is 70.6 cm³/mol. The number of benzene rings is 1. The Bertz CT molecular complexity index is 642. The number of nitrogens with two attached hydrogens (primary N) is 1. The summed E-state index contributed by atoms with van der Waals surface area (Å²) in [4.78, 5) is 19.5. The van der Waals surface area contributed by atoms with E-state index in [1.807, 2.05) is 18.2 Å². The SMILES string of the molecule is Nc1nccc(-c2ccc3c(c2)NC(=O)CCO3)n1. The Morgan fingerprint density at radius 1 is 1.32 bits per heavy atom. The number of carbonyl (C=O) groups is 1. The normalized spacial score (nSPS) is 14.0. The number of carbonyl (C=O) groups excluding carboxylic acids is 1. The molecule has 19 heavy (non-hydrogen) atoms. The number of nitrogens with zero attached hydrogens (tertiary/aromatic N) is 2. The summed E-state index contributed by atoms with van der Waals surface area (Å²) < 4.78 is 5.49. The average Bonchev–Trinajstić information content (AvgIpc) is 2.58. The van der Waals surface area contributed by atoms with Gasteiger partial charge in [0.2, 0.25) is 11.9 Å². The quantitative estimate of drug-likeness (QED) is 0.805. The maximum absolute atomic E-state index is 11.5. The number of amides is 1. The summed E-state index contributed by atoms with van der Waals surface area (Å²) in [5.74, 6) is 0.822. The van der Waals surface area contributed by atoms with Crippen LogP contribution in [0.25, 0.3) is 11.3 Å². The summed E-state index contributed by atoms with van der Waals surface area (Å²) in [7, 11) is 0. The molecule has 0 unspecified atom stereocenters. The number of fused-ring (bicyclic) bond motifs is 1. The third-order valence-corrected chi connectivity index (χ3v) is 2.81. The molecule has 0 bridgehead atoms. The average molecular weight is 256 g/mol. The Morgan fingerprint density at radius 2 is 2.21 bits per heavy atom. The maximum Gasteiger partial charge on any atom is 0.227 e. The van der Waals surface area contributed by atoms with Crippen molar-refractivity contribution >= 4 is 17.5 Å². The smallest absolute Gasteiger partial charge is 0.227 e. The molecule has 3 rings (SSSR count). The fourth-order valence-electron chi connectivity index (χ4n) is 1.91. The van der Waals surface area contributed by atoms with Crippen molar-refractivity contribution in [1.82, 2.24) is 9.97 Å². The molecule has 1 amide bonds. The molecule has 2 aromatic rings. The van der Waals surface area contributed by atoms with E-state index in [0.717, 1.165) is 5.56 Å². The number of nitrogens with one attached hydrogen (secondary N) is 1. The van der Waals surface area contributed by atoms with Crippen LogP contribution in [0.15, 0.2) is 30.5 Å². The van der Waals surface area contributed by atoms with Crippen molar-refractivity contribution in [2.45, 2.75) is 6.42 Å². The highest BCUT2D eigenvalue weighted by Crippen LogP contribution is 2.31. The molecule has 3 N–H and O–H groups in total.